The van der Waals surface area contributed by atoms with Crippen molar-refractivity contribution in [3.8, 4) is 11.4 Å². The van der Waals surface area contributed by atoms with Gasteiger partial charge in [0.25, 0.3) is 5.56 Å². The Bertz CT molecular complexity index is 1180. The van der Waals surface area contributed by atoms with Gasteiger partial charge in [-0.2, -0.15) is 5.10 Å². The average Bonchev–Trinajstić information content (AvgIpc) is 3.09. The number of fused-ring (bicyclic) bond motifs is 1. The van der Waals surface area contributed by atoms with Crippen molar-refractivity contribution < 1.29 is 4.74 Å². The van der Waals surface area contributed by atoms with Crippen LogP contribution in [0.4, 0.5) is 5.69 Å². The van der Waals surface area contributed by atoms with Crippen molar-refractivity contribution in [1.29, 1.82) is 0 Å². The summed E-state index contributed by atoms with van der Waals surface area (Å²) >= 11 is 0. The molecule has 0 aliphatic heterocycles. The topological polar surface area (TPSA) is 71.9 Å². The van der Waals surface area contributed by atoms with E-state index in [2.05, 4.69) is 22.3 Å². The van der Waals surface area contributed by atoms with Crippen LogP contribution in [0.25, 0.3) is 16.7 Å². The van der Waals surface area contributed by atoms with E-state index >= 15 is 0 Å². The molecule has 0 atom stereocenters. The van der Waals surface area contributed by atoms with Gasteiger partial charge >= 0.3 is 0 Å². The molecule has 0 radical (unpaired) electrons. The van der Waals surface area contributed by atoms with Crippen molar-refractivity contribution in [3.63, 3.8) is 0 Å². The molecule has 0 aliphatic carbocycles. The average molecular weight is 402 g/mol. The number of aromatic amines is 1. The van der Waals surface area contributed by atoms with Crippen LogP contribution in [0.1, 0.15) is 31.0 Å². The SMILES string of the molecule is CCCCOc1ccc(NCc2cc3c(C)nn(-c4ccccc4)c3[nH]c2=O)cc1. The molecule has 2 aromatic carbocycles. The highest BCUT2D eigenvalue weighted by Crippen LogP contribution is 2.21. The number of anilines is 1. The summed E-state index contributed by atoms with van der Waals surface area (Å²) in [5.74, 6) is 0.859. The number of aryl methyl sites for hydroxylation is 1. The Hall–Kier alpha value is -3.54. The summed E-state index contributed by atoms with van der Waals surface area (Å²) in [6.45, 7) is 5.25. The lowest BCUT2D eigenvalue weighted by atomic mass is 10.2. The third kappa shape index (κ3) is 4.22. The quantitative estimate of drug-likeness (QED) is 0.415. The summed E-state index contributed by atoms with van der Waals surface area (Å²) in [5, 5.41) is 8.87. The van der Waals surface area contributed by atoms with E-state index in [1.807, 2.05) is 67.6 Å². The lowest BCUT2D eigenvalue weighted by molar-refractivity contribution is 0.309. The second kappa shape index (κ2) is 8.86. The normalized spacial score (nSPS) is 11.0. The largest absolute Gasteiger partial charge is 0.494 e. The minimum atomic E-state index is -0.119. The third-order valence-electron chi connectivity index (χ3n) is 5.05. The molecule has 4 rings (SSSR count). The van der Waals surface area contributed by atoms with Crippen molar-refractivity contribution in [2.45, 2.75) is 33.2 Å². The standard InChI is InChI=1S/C24H26N4O2/c1-3-4-14-30-21-12-10-19(11-13-21)25-16-18-15-22-17(2)27-28(23(22)26-24(18)29)20-8-6-5-7-9-20/h5-13,15,25H,3-4,14,16H2,1-2H3,(H,26,29). The molecular formula is C24H26N4O2. The predicted octanol–water partition coefficient (Wildman–Crippen LogP) is 4.81. The van der Waals surface area contributed by atoms with Crippen LogP contribution in [0, 0.1) is 6.92 Å². The highest BCUT2D eigenvalue weighted by atomic mass is 16.5. The fourth-order valence-corrected chi connectivity index (χ4v) is 3.35. The van der Waals surface area contributed by atoms with Gasteiger partial charge in [0.2, 0.25) is 0 Å². The van der Waals surface area contributed by atoms with Crippen LogP contribution in [-0.4, -0.2) is 21.4 Å². The number of H-pyrrole nitrogens is 1. The van der Waals surface area contributed by atoms with Gasteiger partial charge in [-0.05, 0) is 55.8 Å². The fraction of sp³-hybridized carbons (Fsp3) is 0.250. The summed E-state index contributed by atoms with van der Waals surface area (Å²) in [6.07, 6.45) is 2.16. The molecule has 2 heterocycles. The van der Waals surface area contributed by atoms with Gasteiger partial charge in [-0.1, -0.05) is 31.5 Å². The molecule has 0 saturated heterocycles. The lowest BCUT2D eigenvalue weighted by Crippen LogP contribution is -2.16. The Morgan fingerprint density at radius 2 is 1.87 bits per heavy atom. The van der Waals surface area contributed by atoms with E-state index in [1.165, 1.54) is 0 Å². The number of unbranched alkanes of at least 4 members (excludes halogenated alkanes) is 1. The molecule has 0 fully saturated rings. The minimum absolute atomic E-state index is 0.119. The Morgan fingerprint density at radius 1 is 1.10 bits per heavy atom. The van der Waals surface area contributed by atoms with Crippen LogP contribution in [0.3, 0.4) is 0 Å². The number of rotatable bonds is 8. The van der Waals surface area contributed by atoms with E-state index in [-0.39, 0.29) is 5.56 Å². The summed E-state index contributed by atoms with van der Waals surface area (Å²) in [4.78, 5) is 15.7. The van der Waals surface area contributed by atoms with Crippen LogP contribution in [-0.2, 0) is 6.54 Å². The van der Waals surface area contributed by atoms with Crippen molar-refractivity contribution in [2.24, 2.45) is 0 Å². The van der Waals surface area contributed by atoms with Gasteiger partial charge in [0, 0.05) is 23.2 Å². The molecular weight excluding hydrogens is 376 g/mol. The number of para-hydroxylation sites is 1. The summed E-state index contributed by atoms with van der Waals surface area (Å²) in [6, 6.07) is 19.5. The molecule has 0 aliphatic rings. The first-order valence-electron chi connectivity index (χ1n) is 10.3. The number of nitrogens with zero attached hydrogens (tertiary/aromatic N) is 2. The molecule has 6 nitrogen and oxygen atoms in total. The number of pyridine rings is 1. The third-order valence-corrected chi connectivity index (χ3v) is 5.05. The maximum atomic E-state index is 12.7. The first-order chi connectivity index (χ1) is 14.7. The molecule has 0 saturated carbocycles. The van der Waals surface area contributed by atoms with E-state index in [4.69, 9.17) is 4.74 Å². The van der Waals surface area contributed by atoms with Gasteiger partial charge < -0.3 is 15.0 Å². The zero-order valence-corrected chi connectivity index (χ0v) is 17.3. The number of aromatic nitrogens is 3. The monoisotopic (exact) mass is 402 g/mol. The van der Waals surface area contributed by atoms with Gasteiger partial charge in [0.05, 0.1) is 18.0 Å². The zero-order valence-electron chi connectivity index (χ0n) is 17.3. The van der Waals surface area contributed by atoms with Crippen LogP contribution < -0.4 is 15.6 Å². The Labute approximate surface area is 175 Å². The Morgan fingerprint density at radius 3 is 2.60 bits per heavy atom. The van der Waals surface area contributed by atoms with Gasteiger partial charge in [-0.25, -0.2) is 4.68 Å². The van der Waals surface area contributed by atoms with E-state index in [1.54, 1.807) is 4.68 Å². The maximum absolute atomic E-state index is 12.7. The molecule has 0 unspecified atom stereocenters. The number of hydrogen-bond donors (Lipinski definition) is 2. The number of nitrogens with one attached hydrogen (secondary N) is 2. The van der Waals surface area contributed by atoms with Crippen molar-refractivity contribution in [2.75, 3.05) is 11.9 Å². The van der Waals surface area contributed by atoms with Crippen LogP contribution in [0.15, 0.2) is 65.5 Å². The second-order valence-corrected chi connectivity index (χ2v) is 7.30. The predicted molar refractivity (Wildman–Crippen MR) is 121 cm³/mol. The fourth-order valence-electron chi connectivity index (χ4n) is 3.35. The van der Waals surface area contributed by atoms with Gasteiger partial charge in [0.1, 0.15) is 11.4 Å². The van der Waals surface area contributed by atoms with Crippen molar-refractivity contribution >= 4 is 16.7 Å². The Balaban J connectivity index is 1.52. The van der Waals surface area contributed by atoms with Crippen molar-refractivity contribution in [1.82, 2.24) is 14.8 Å². The van der Waals surface area contributed by atoms with Crippen LogP contribution >= 0.6 is 0 Å². The first kappa shape index (κ1) is 19.8. The second-order valence-electron chi connectivity index (χ2n) is 7.30. The molecule has 154 valence electrons. The molecule has 0 amide bonds. The molecule has 0 spiro atoms. The molecule has 30 heavy (non-hydrogen) atoms. The molecule has 2 aromatic heterocycles. The van der Waals surface area contributed by atoms with E-state index in [9.17, 15) is 4.79 Å². The summed E-state index contributed by atoms with van der Waals surface area (Å²) in [7, 11) is 0. The number of hydrogen-bond acceptors (Lipinski definition) is 4. The zero-order chi connectivity index (χ0) is 20.9. The highest BCUT2D eigenvalue weighted by Gasteiger charge is 2.12. The molecule has 2 N–H and O–H groups in total. The first-order valence-corrected chi connectivity index (χ1v) is 10.3. The van der Waals surface area contributed by atoms with Crippen LogP contribution in [0.2, 0.25) is 0 Å². The van der Waals surface area contributed by atoms with E-state index in [0.717, 1.165) is 47.7 Å². The Kier molecular flexibility index (Phi) is 5.84. The number of benzene rings is 2. The van der Waals surface area contributed by atoms with E-state index in [0.29, 0.717) is 17.8 Å². The lowest BCUT2D eigenvalue weighted by Gasteiger charge is -2.09. The minimum Gasteiger partial charge on any atom is -0.494 e. The smallest absolute Gasteiger partial charge is 0.254 e. The summed E-state index contributed by atoms with van der Waals surface area (Å²) < 4.78 is 7.47. The molecule has 6 heteroatoms. The van der Waals surface area contributed by atoms with Gasteiger partial charge in [-0.3, -0.25) is 4.79 Å². The van der Waals surface area contributed by atoms with Gasteiger partial charge in [-0.15, -0.1) is 0 Å². The highest BCUT2D eigenvalue weighted by molar-refractivity contribution is 5.80. The maximum Gasteiger partial charge on any atom is 0.254 e. The molecule has 0 bridgehead atoms. The van der Waals surface area contributed by atoms with Crippen molar-refractivity contribution in [3.05, 3.63) is 82.3 Å². The van der Waals surface area contributed by atoms with E-state index < -0.39 is 0 Å². The van der Waals surface area contributed by atoms with Crippen LogP contribution in [0.5, 0.6) is 5.75 Å². The summed E-state index contributed by atoms with van der Waals surface area (Å²) in [5.41, 5.74) is 3.99. The van der Waals surface area contributed by atoms with Gasteiger partial charge in [0.15, 0.2) is 0 Å². The molecule has 4 aromatic rings. The number of ether oxygens (including phenoxy) is 1.